The molecule has 2 aliphatic rings. The number of fused-ring (bicyclic) bond motifs is 1. The Balaban J connectivity index is 1.77. The van der Waals surface area contributed by atoms with Crippen LogP contribution in [0, 0.1) is 11.3 Å². The second-order valence-corrected chi connectivity index (χ2v) is 4.98. The molecule has 0 radical (unpaired) electrons. The van der Waals surface area contributed by atoms with Crippen molar-refractivity contribution in [1.29, 1.82) is 5.26 Å². The summed E-state index contributed by atoms with van der Waals surface area (Å²) < 4.78 is 10.7. The Labute approximate surface area is 112 Å². The Morgan fingerprint density at radius 2 is 2.16 bits per heavy atom. The zero-order valence-corrected chi connectivity index (χ0v) is 11.0. The van der Waals surface area contributed by atoms with Crippen molar-refractivity contribution in [1.82, 2.24) is 4.90 Å². The molecule has 1 aromatic carbocycles. The number of nitriles is 1. The van der Waals surface area contributed by atoms with Crippen LogP contribution < -0.4 is 14.4 Å². The molecular formula is C14H17N3O2. The standard InChI is InChI=1S/C14H17N3O2/c1-16-6-7-17(9-12(16)4-5-15)11-2-3-13-14(8-11)19-10-18-13/h2-3,8,12H,4,6-7,9-10H2,1H3. The van der Waals surface area contributed by atoms with Gasteiger partial charge in [-0.05, 0) is 19.2 Å². The van der Waals surface area contributed by atoms with Crippen molar-refractivity contribution in [2.45, 2.75) is 12.5 Å². The first-order valence-corrected chi connectivity index (χ1v) is 6.49. The van der Waals surface area contributed by atoms with Gasteiger partial charge in [0.25, 0.3) is 0 Å². The molecule has 0 aliphatic carbocycles. The Morgan fingerprint density at radius 3 is 3.00 bits per heavy atom. The third-order valence-corrected chi connectivity index (χ3v) is 3.83. The summed E-state index contributed by atoms with van der Waals surface area (Å²) >= 11 is 0. The molecule has 2 aliphatic heterocycles. The lowest BCUT2D eigenvalue weighted by Crippen LogP contribution is -2.51. The van der Waals surface area contributed by atoms with Gasteiger partial charge in [0.05, 0.1) is 12.5 Å². The SMILES string of the molecule is CN1CCN(c2ccc3c(c2)OCO3)CC1CC#N. The average molecular weight is 259 g/mol. The van der Waals surface area contributed by atoms with Gasteiger partial charge in [-0.25, -0.2) is 0 Å². The number of benzene rings is 1. The molecule has 3 rings (SSSR count). The first-order chi connectivity index (χ1) is 9.28. The van der Waals surface area contributed by atoms with Gasteiger partial charge in [0.15, 0.2) is 11.5 Å². The molecule has 1 aromatic rings. The molecule has 1 fully saturated rings. The Kier molecular flexibility index (Phi) is 3.18. The predicted molar refractivity (Wildman–Crippen MR) is 71.4 cm³/mol. The molecule has 0 aromatic heterocycles. The highest BCUT2D eigenvalue weighted by molar-refractivity contribution is 5.57. The fourth-order valence-electron chi connectivity index (χ4n) is 2.59. The highest BCUT2D eigenvalue weighted by atomic mass is 16.7. The molecule has 100 valence electrons. The molecule has 2 heterocycles. The van der Waals surface area contributed by atoms with Crippen LogP contribution in [0.2, 0.25) is 0 Å². The van der Waals surface area contributed by atoms with Crippen LogP contribution in [-0.4, -0.2) is 44.4 Å². The first kappa shape index (κ1) is 12.1. The number of rotatable bonds is 2. The van der Waals surface area contributed by atoms with Crippen LogP contribution in [0.25, 0.3) is 0 Å². The van der Waals surface area contributed by atoms with Crippen LogP contribution in [-0.2, 0) is 0 Å². The van der Waals surface area contributed by atoms with E-state index < -0.39 is 0 Å². The number of likely N-dealkylation sites (N-methyl/N-ethyl adjacent to an activating group) is 1. The first-order valence-electron chi connectivity index (χ1n) is 6.49. The second-order valence-electron chi connectivity index (χ2n) is 4.98. The lowest BCUT2D eigenvalue weighted by Gasteiger charge is -2.39. The quantitative estimate of drug-likeness (QED) is 0.804. The van der Waals surface area contributed by atoms with E-state index in [0.29, 0.717) is 19.3 Å². The van der Waals surface area contributed by atoms with E-state index in [2.05, 4.69) is 29.0 Å². The average Bonchev–Trinajstić information content (AvgIpc) is 2.89. The van der Waals surface area contributed by atoms with Crippen molar-refractivity contribution >= 4 is 5.69 Å². The summed E-state index contributed by atoms with van der Waals surface area (Å²) in [5, 5.41) is 8.89. The number of anilines is 1. The van der Waals surface area contributed by atoms with Gasteiger partial charge in [0.1, 0.15) is 0 Å². The predicted octanol–water partition coefficient (Wildman–Crippen LogP) is 1.45. The number of hydrogen-bond acceptors (Lipinski definition) is 5. The maximum Gasteiger partial charge on any atom is 0.231 e. The summed E-state index contributed by atoms with van der Waals surface area (Å²) in [7, 11) is 2.08. The van der Waals surface area contributed by atoms with Gasteiger partial charge in [0.2, 0.25) is 6.79 Å². The van der Waals surface area contributed by atoms with Crippen molar-refractivity contribution in [3.8, 4) is 17.6 Å². The van der Waals surface area contributed by atoms with Gasteiger partial charge >= 0.3 is 0 Å². The van der Waals surface area contributed by atoms with E-state index in [4.69, 9.17) is 14.7 Å². The monoisotopic (exact) mass is 259 g/mol. The topological polar surface area (TPSA) is 48.7 Å². The number of nitrogens with zero attached hydrogens (tertiary/aromatic N) is 3. The molecule has 0 bridgehead atoms. The fourth-order valence-corrected chi connectivity index (χ4v) is 2.59. The minimum Gasteiger partial charge on any atom is -0.454 e. The summed E-state index contributed by atoms with van der Waals surface area (Å²) in [6, 6.07) is 8.60. The third kappa shape index (κ3) is 2.32. The van der Waals surface area contributed by atoms with Gasteiger partial charge in [-0.3, -0.25) is 4.90 Å². The number of ether oxygens (including phenoxy) is 2. The highest BCUT2D eigenvalue weighted by Gasteiger charge is 2.25. The van der Waals surface area contributed by atoms with Crippen LogP contribution in [0.5, 0.6) is 11.5 Å². The Morgan fingerprint density at radius 1 is 1.32 bits per heavy atom. The Hall–Kier alpha value is -1.93. The normalized spacial score (nSPS) is 22.3. The molecule has 0 N–H and O–H groups in total. The molecule has 0 amide bonds. The second kappa shape index (κ2) is 4.98. The summed E-state index contributed by atoms with van der Waals surface area (Å²) in [4.78, 5) is 4.57. The summed E-state index contributed by atoms with van der Waals surface area (Å²) in [5.74, 6) is 1.62. The lowest BCUT2D eigenvalue weighted by molar-refractivity contribution is 0.174. The lowest BCUT2D eigenvalue weighted by atomic mass is 10.1. The molecular weight excluding hydrogens is 242 g/mol. The van der Waals surface area contributed by atoms with Gasteiger partial charge in [-0.15, -0.1) is 0 Å². The molecule has 5 nitrogen and oxygen atoms in total. The zero-order valence-electron chi connectivity index (χ0n) is 11.0. The van der Waals surface area contributed by atoms with Crippen molar-refractivity contribution in [2.24, 2.45) is 0 Å². The zero-order chi connectivity index (χ0) is 13.2. The van der Waals surface area contributed by atoms with E-state index in [9.17, 15) is 0 Å². The van der Waals surface area contributed by atoms with Crippen molar-refractivity contribution in [2.75, 3.05) is 38.4 Å². The summed E-state index contributed by atoms with van der Waals surface area (Å²) in [5.41, 5.74) is 1.14. The van der Waals surface area contributed by atoms with E-state index in [0.717, 1.165) is 36.8 Å². The van der Waals surface area contributed by atoms with E-state index in [-0.39, 0.29) is 0 Å². The minimum atomic E-state index is 0.296. The van der Waals surface area contributed by atoms with Gasteiger partial charge < -0.3 is 14.4 Å². The van der Waals surface area contributed by atoms with Gasteiger partial charge in [-0.1, -0.05) is 0 Å². The van der Waals surface area contributed by atoms with E-state index in [1.165, 1.54) is 0 Å². The smallest absolute Gasteiger partial charge is 0.231 e. The van der Waals surface area contributed by atoms with Crippen LogP contribution in [0.4, 0.5) is 5.69 Å². The maximum atomic E-state index is 8.89. The highest BCUT2D eigenvalue weighted by Crippen LogP contribution is 2.36. The molecule has 0 spiro atoms. The van der Waals surface area contributed by atoms with Crippen LogP contribution in [0.1, 0.15) is 6.42 Å². The molecule has 19 heavy (non-hydrogen) atoms. The minimum absolute atomic E-state index is 0.296. The molecule has 1 saturated heterocycles. The fraction of sp³-hybridized carbons (Fsp3) is 0.500. The summed E-state index contributed by atoms with van der Waals surface area (Å²) in [6.45, 7) is 3.13. The van der Waals surface area contributed by atoms with Gasteiger partial charge in [-0.2, -0.15) is 5.26 Å². The van der Waals surface area contributed by atoms with Crippen LogP contribution >= 0.6 is 0 Å². The molecule has 0 saturated carbocycles. The van der Waals surface area contributed by atoms with Crippen LogP contribution in [0.3, 0.4) is 0 Å². The number of hydrogen-bond donors (Lipinski definition) is 0. The van der Waals surface area contributed by atoms with Crippen LogP contribution in [0.15, 0.2) is 18.2 Å². The third-order valence-electron chi connectivity index (χ3n) is 3.83. The largest absolute Gasteiger partial charge is 0.454 e. The molecule has 1 unspecified atom stereocenters. The molecule has 1 atom stereocenters. The Bertz CT molecular complexity index is 512. The van der Waals surface area contributed by atoms with Crippen molar-refractivity contribution < 1.29 is 9.47 Å². The van der Waals surface area contributed by atoms with Gasteiger partial charge in [0, 0.05) is 37.4 Å². The number of piperazine rings is 1. The molecule has 5 heteroatoms. The van der Waals surface area contributed by atoms with Crippen molar-refractivity contribution in [3.63, 3.8) is 0 Å². The van der Waals surface area contributed by atoms with E-state index in [1.54, 1.807) is 0 Å². The summed E-state index contributed by atoms with van der Waals surface area (Å²) in [6.07, 6.45) is 0.567. The maximum absolute atomic E-state index is 8.89. The van der Waals surface area contributed by atoms with E-state index in [1.807, 2.05) is 12.1 Å². The van der Waals surface area contributed by atoms with E-state index >= 15 is 0 Å². The van der Waals surface area contributed by atoms with Crippen molar-refractivity contribution in [3.05, 3.63) is 18.2 Å².